The average molecular weight is 197 g/mol. The Hall–Kier alpha value is -1.09. The fraction of sp³-hybridized carbons (Fsp3) is 0.545. The third-order valence-electron chi connectivity index (χ3n) is 2.05. The summed E-state index contributed by atoms with van der Waals surface area (Å²) in [5.74, 6) is -1.29. The van der Waals surface area contributed by atoms with E-state index in [9.17, 15) is 4.79 Å². The van der Waals surface area contributed by atoms with Gasteiger partial charge in [0, 0.05) is 6.54 Å². The van der Waals surface area contributed by atoms with E-state index in [0.717, 1.165) is 12.0 Å². The maximum atomic E-state index is 10.7. The van der Waals surface area contributed by atoms with Crippen molar-refractivity contribution in [3.05, 3.63) is 23.8 Å². The van der Waals surface area contributed by atoms with Crippen LogP contribution >= 0.6 is 0 Å². The molecule has 1 unspecified atom stereocenters. The Labute approximate surface area is 85.3 Å². The standard InChI is InChI=1S/C11H19NO2/c1-3-5-6-9(4-2)7-10(8-12)11(13)14/h4-6,10H,3,7-8,12H2,1-2H3,(H,13,14)/b6-5-,9-4+. The van der Waals surface area contributed by atoms with Gasteiger partial charge in [0.15, 0.2) is 0 Å². The van der Waals surface area contributed by atoms with Crippen LogP contribution in [0.2, 0.25) is 0 Å². The zero-order valence-electron chi connectivity index (χ0n) is 8.86. The molecular weight excluding hydrogens is 178 g/mol. The minimum atomic E-state index is -0.822. The van der Waals surface area contributed by atoms with Gasteiger partial charge in [-0.25, -0.2) is 0 Å². The van der Waals surface area contributed by atoms with Crippen molar-refractivity contribution in [1.29, 1.82) is 0 Å². The lowest BCUT2D eigenvalue weighted by atomic mass is 9.99. The van der Waals surface area contributed by atoms with Gasteiger partial charge in [-0.3, -0.25) is 4.79 Å². The average Bonchev–Trinajstić information content (AvgIpc) is 2.18. The molecule has 0 spiro atoms. The molecule has 0 saturated carbocycles. The van der Waals surface area contributed by atoms with E-state index >= 15 is 0 Å². The molecule has 0 aliphatic heterocycles. The van der Waals surface area contributed by atoms with E-state index in [-0.39, 0.29) is 6.54 Å². The van der Waals surface area contributed by atoms with Crippen LogP contribution in [0.4, 0.5) is 0 Å². The van der Waals surface area contributed by atoms with Gasteiger partial charge in [-0.05, 0) is 19.8 Å². The van der Waals surface area contributed by atoms with Crippen molar-refractivity contribution in [2.45, 2.75) is 26.7 Å². The Morgan fingerprint density at radius 3 is 2.57 bits per heavy atom. The summed E-state index contributed by atoms with van der Waals surface area (Å²) in [7, 11) is 0. The van der Waals surface area contributed by atoms with Crippen molar-refractivity contribution in [3.8, 4) is 0 Å². The van der Waals surface area contributed by atoms with Crippen molar-refractivity contribution < 1.29 is 9.90 Å². The molecule has 0 aromatic heterocycles. The Bertz CT molecular complexity index is 231. The molecule has 0 rings (SSSR count). The maximum Gasteiger partial charge on any atom is 0.308 e. The number of aliphatic carboxylic acids is 1. The van der Waals surface area contributed by atoms with E-state index in [2.05, 4.69) is 0 Å². The molecule has 1 atom stereocenters. The van der Waals surface area contributed by atoms with Crippen LogP contribution in [0.25, 0.3) is 0 Å². The van der Waals surface area contributed by atoms with Crippen LogP contribution in [-0.2, 0) is 4.79 Å². The fourth-order valence-electron chi connectivity index (χ4n) is 1.11. The Morgan fingerprint density at radius 2 is 2.21 bits per heavy atom. The number of nitrogens with two attached hydrogens (primary N) is 1. The monoisotopic (exact) mass is 197 g/mol. The molecule has 14 heavy (non-hydrogen) atoms. The molecule has 0 radical (unpaired) electrons. The fourth-order valence-corrected chi connectivity index (χ4v) is 1.11. The Morgan fingerprint density at radius 1 is 1.57 bits per heavy atom. The van der Waals surface area contributed by atoms with E-state index in [1.807, 2.05) is 32.1 Å². The summed E-state index contributed by atoms with van der Waals surface area (Å²) in [6.45, 7) is 4.14. The molecule has 0 fully saturated rings. The van der Waals surface area contributed by atoms with E-state index < -0.39 is 11.9 Å². The van der Waals surface area contributed by atoms with Crippen LogP contribution < -0.4 is 5.73 Å². The first-order valence-electron chi connectivity index (χ1n) is 4.90. The molecule has 0 heterocycles. The number of allylic oxidation sites excluding steroid dienone is 4. The van der Waals surface area contributed by atoms with Crippen molar-refractivity contribution in [3.63, 3.8) is 0 Å². The molecule has 3 heteroatoms. The number of carboxylic acid groups (broad SMARTS) is 1. The zero-order chi connectivity index (χ0) is 11.0. The summed E-state index contributed by atoms with van der Waals surface area (Å²) in [6.07, 6.45) is 7.38. The molecule has 80 valence electrons. The summed E-state index contributed by atoms with van der Waals surface area (Å²) >= 11 is 0. The number of carbonyl (C=O) groups is 1. The quantitative estimate of drug-likeness (QED) is 0.640. The topological polar surface area (TPSA) is 63.3 Å². The molecule has 3 nitrogen and oxygen atoms in total. The van der Waals surface area contributed by atoms with Gasteiger partial charge >= 0.3 is 5.97 Å². The smallest absolute Gasteiger partial charge is 0.308 e. The molecule has 3 N–H and O–H groups in total. The summed E-state index contributed by atoms with van der Waals surface area (Å²) in [5, 5.41) is 8.81. The van der Waals surface area contributed by atoms with Crippen LogP contribution in [0.3, 0.4) is 0 Å². The Kier molecular flexibility index (Phi) is 6.76. The van der Waals surface area contributed by atoms with Gasteiger partial charge in [-0.15, -0.1) is 0 Å². The normalized spacial score (nSPS) is 14.6. The highest BCUT2D eigenvalue weighted by Gasteiger charge is 2.15. The van der Waals surface area contributed by atoms with E-state index in [1.54, 1.807) is 0 Å². The van der Waals surface area contributed by atoms with Gasteiger partial charge in [0.25, 0.3) is 0 Å². The lowest BCUT2D eigenvalue weighted by Crippen LogP contribution is -2.23. The first-order chi connectivity index (χ1) is 6.65. The molecule has 0 amide bonds. The lowest BCUT2D eigenvalue weighted by Gasteiger charge is -2.09. The molecule has 0 saturated heterocycles. The van der Waals surface area contributed by atoms with Gasteiger partial charge in [-0.1, -0.05) is 30.7 Å². The minimum Gasteiger partial charge on any atom is -0.481 e. The van der Waals surface area contributed by atoms with Crippen LogP contribution in [0.5, 0.6) is 0 Å². The first kappa shape index (κ1) is 12.9. The Balaban J connectivity index is 4.30. The highest BCUT2D eigenvalue weighted by atomic mass is 16.4. The molecule has 0 aromatic carbocycles. The predicted octanol–water partition coefficient (Wildman–Crippen LogP) is 1.95. The number of rotatable bonds is 6. The van der Waals surface area contributed by atoms with Gasteiger partial charge in [0.1, 0.15) is 0 Å². The van der Waals surface area contributed by atoms with E-state index in [1.165, 1.54) is 0 Å². The van der Waals surface area contributed by atoms with Crippen molar-refractivity contribution >= 4 is 5.97 Å². The SMILES string of the molecule is C/C=C(\C=C/CC)CC(CN)C(=O)O. The first-order valence-corrected chi connectivity index (χ1v) is 4.90. The number of hydrogen-bond acceptors (Lipinski definition) is 2. The van der Waals surface area contributed by atoms with Gasteiger partial charge in [-0.2, -0.15) is 0 Å². The van der Waals surface area contributed by atoms with Crippen molar-refractivity contribution in [1.82, 2.24) is 0 Å². The van der Waals surface area contributed by atoms with Crippen molar-refractivity contribution in [2.24, 2.45) is 11.7 Å². The number of carboxylic acids is 1. The van der Waals surface area contributed by atoms with Crippen LogP contribution in [-0.4, -0.2) is 17.6 Å². The van der Waals surface area contributed by atoms with E-state index in [0.29, 0.717) is 6.42 Å². The predicted molar refractivity (Wildman–Crippen MR) is 58.0 cm³/mol. The summed E-state index contributed by atoms with van der Waals surface area (Å²) in [6, 6.07) is 0. The zero-order valence-corrected chi connectivity index (χ0v) is 8.86. The highest BCUT2D eigenvalue weighted by Crippen LogP contribution is 2.12. The lowest BCUT2D eigenvalue weighted by molar-refractivity contribution is -0.141. The maximum absolute atomic E-state index is 10.7. The molecule has 0 aliphatic rings. The second-order valence-corrected chi connectivity index (χ2v) is 3.15. The van der Waals surface area contributed by atoms with Gasteiger partial charge < -0.3 is 10.8 Å². The summed E-state index contributed by atoms with van der Waals surface area (Å²) in [5.41, 5.74) is 6.41. The molecule has 0 bridgehead atoms. The third-order valence-corrected chi connectivity index (χ3v) is 2.05. The minimum absolute atomic E-state index is 0.187. The highest BCUT2D eigenvalue weighted by molar-refractivity contribution is 5.70. The summed E-state index contributed by atoms with van der Waals surface area (Å²) < 4.78 is 0. The molecule has 0 aliphatic carbocycles. The summed E-state index contributed by atoms with van der Waals surface area (Å²) in [4.78, 5) is 10.7. The molecule has 0 aromatic rings. The van der Waals surface area contributed by atoms with Crippen LogP contribution in [0.15, 0.2) is 23.8 Å². The van der Waals surface area contributed by atoms with Crippen LogP contribution in [0.1, 0.15) is 26.7 Å². The van der Waals surface area contributed by atoms with Crippen LogP contribution in [0, 0.1) is 5.92 Å². The second-order valence-electron chi connectivity index (χ2n) is 3.15. The molecular formula is C11H19NO2. The van der Waals surface area contributed by atoms with E-state index in [4.69, 9.17) is 10.8 Å². The second kappa shape index (κ2) is 7.33. The van der Waals surface area contributed by atoms with Gasteiger partial charge in [0.05, 0.1) is 5.92 Å². The largest absolute Gasteiger partial charge is 0.481 e. The van der Waals surface area contributed by atoms with Crippen molar-refractivity contribution in [2.75, 3.05) is 6.54 Å². The third kappa shape index (κ3) is 4.82. The van der Waals surface area contributed by atoms with Gasteiger partial charge in [0.2, 0.25) is 0 Å². The number of hydrogen-bond donors (Lipinski definition) is 2.